The zero-order chi connectivity index (χ0) is 26.3. The van der Waals surface area contributed by atoms with Crippen molar-refractivity contribution in [2.75, 3.05) is 23.4 Å². The largest absolute Gasteiger partial charge is 0.444 e. The second-order valence-corrected chi connectivity index (χ2v) is 12.2. The summed E-state index contributed by atoms with van der Waals surface area (Å²) in [5, 5.41) is 18.1. The Hall–Kier alpha value is -3.48. The normalized spacial score (nSPS) is 21.7. The van der Waals surface area contributed by atoms with Gasteiger partial charge in [0.15, 0.2) is 9.84 Å². The highest BCUT2D eigenvalue weighted by atomic mass is 32.2. The third kappa shape index (κ3) is 5.66. The molecular weight excluding hydrogens is 488 g/mol. The summed E-state index contributed by atoms with van der Waals surface area (Å²) in [4.78, 5) is 34.2. The van der Waals surface area contributed by atoms with Crippen molar-refractivity contribution < 1.29 is 22.9 Å². The van der Waals surface area contributed by atoms with Crippen LogP contribution in [-0.4, -0.2) is 64.8 Å². The molecule has 3 aliphatic rings. The van der Waals surface area contributed by atoms with Gasteiger partial charge in [-0.25, -0.2) is 23.2 Å². The second-order valence-electron chi connectivity index (χ2n) is 10.2. The SMILES string of the molecule is CC(C)(C)OC(=O)N1CC2CCC1CC2Nc1ncnc(Nc2ccc(S(C)(=O)=O)cc2)c1[N+](=O)[O-]. The van der Waals surface area contributed by atoms with Crippen molar-refractivity contribution in [3.63, 3.8) is 0 Å². The Bertz CT molecular complexity index is 1260. The lowest BCUT2D eigenvalue weighted by molar-refractivity contribution is -0.383. The third-order valence-corrected chi connectivity index (χ3v) is 7.47. The number of rotatable bonds is 6. The molecule has 1 saturated carbocycles. The minimum Gasteiger partial charge on any atom is -0.444 e. The van der Waals surface area contributed by atoms with E-state index in [9.17, 15) is 23.3 Å². The Morgan fingerprint density at radius 2 is 1.83 bits per heavy atom. The fraction of sp³-hybridized carbons (Fsp3) is 0.522. The highest BCUT2D eigenvalue weighted by molar-refractivity contribution is 7.90. The summed E-state index contributed by atoms with van der Waals surface area (Å²) in [6.07, 6.45) is 4.37. The highest BCUT2D eigenvalue weighted by Gasteiger charge is 2.44. The number of amides is 1. The number of anilines is 3. The van der Waals surface area contributed by atoms with Crippen molar-refractivity contribution in [2.24, 2.45) is 5.92 Å². The first-order chi connectivity index (χ1) is 16.8. The minimum atomic E-state index is -3.36. The van der Waals surface area contributed by atoms with E-state index < -0.39 is 20.4 Å². The molecule has 2 aliphatic heterocycles. The van der Waals surface area contributed by atoms with E-state index in [4.69, 9.17) is 4.74 Å². The van der Waals surface area contributed by atoms with Crippen LogP contribution in [0.25, 0.3) is 0 Å². The number of hydrogen-bond donors (Lipinski definition) is 2. The summed E-state index contributed by atoms with van der Waals surface area (Å²) in [6, 6.07) is 5.74. The van der Waals surface area contributed by atoms with Crippen LogP contribution in [0.1, 0.15) is 40.0 Å². The summed E-state index contributed by atoms with van der Waals surface area (Å²) in [6.45, 7) is 6.00. The van der Waals surface area contributed by atoms with Gasteiger partial charge >= 0.3 is 11.8 Å². The number of hydrogen-bond acceptors (Lipinski definition) is 10. The van der Waals surface area contributed by atoms with Gasteiger partial charge in [0, 0.05) is 30.6 Å². The van der Waals surface area contributed by atoms with Gasteiger partial charge in [-0.3, -0.25) is 10.1 Å². The van der Waals surface area contributed by atoms with Crippen LogP contribution in [0.2, 0.25) is 0 Å². The van der Waals surface area contributed by atoms with Crippen LogP contribution in [-0.2, 0) is 14.6 Å². The number of sulfone groups is 1. The molecule has 3 unspecified atom stereocenters. The molecule has 0 radical (unpaired) electrons. The molecule has 2 bridgehead atoms. The molecule has 2 N–H and O–H groups in total. The smallest absolute Gasteiger partial charge is 0.410 e. The first-order valence-corrected chi connectivity index (χ1v) is 13.5. The molecule has 2 aromatic rings. The standard InChI is InChI=1S/C23H30N6O6S/c1-23(2,3)35-22(30)28-12-14-5-8-16(28)11-18(14)27-21-19(29(31)32)20(24-13-25-21)26-15-6-9-17(10-7-15)36(4,33)34/h6-7,9-10,13-14,16,18H,5,8,11-12H2,1-4H3,(H2,24,25,26,27). The lowest BCUT2D eigenvalue weighted by atomic mass is 9.76. The summed E-state index contributed by atoms with van der Waals surface area (Å²) in [5.41, 5.74) is -0.448. The molecule has 3 fully saturated rings. The van der Waals surface area contributed by atoms with E-state index in [0.717, 1.165) is 19.1 Å². The van der Waals surface area contributed by atoms with Crippen molar-refractivity contribution >= 4 is 38.9 Å². The Kier molecular flexibility index (Phi) is 6.78. The molecule has 12 nitrogen and oxygen atoms in total. The number of carbonyl (C=O) groups is 1. The van der Waals surface area contributed by atoms with Gasteiger partial charge in [0.1, 0.15) is 11.9 Å². The van der Waals surface area contributed by atoms with Crippen molar-refractivity contribution in [2.45, 2.75) is 62.6 Å². The third-order valence-electron chi connectivity index (χ3n) is 6.34. The molecule has 194 valence electrons. The van der Waals surface area contributed by atoms with Crippen molar-refractivity contribution in [1.29, 1.82) is 0 Å². The van der Waals surface area contributed by atoms with Gasteiger partial charge in [0.05, 0.1) is 9.82 Å². The summed E-state index contributed by atoms with van der Waals surface area (Å²) in [5.74, 6) is 0.171. The van der Waals surface area contributed by atoms with Gasteiger partial charge in [-0.2, -0.15) is 0 Å². The topological polar surface area (TPSA) is 157 Å². The number of nitro groups is 1. The zero-order valence-corrected chi connectivity index (χ0v) is 21.4. The predicted octanol–water partition coefficient (Wildman–Crippen LogP) is 3.73. The van der Waals surface area contributed by atoms with Gasteiger partial charge in [-0.15, -0.1) is 0 Å². The van der Waals surface area contributed by atoms with E-state index in [1.807, 2.05) is 20.8 Å². The molecule has 0 spiro atoms. The molecule has 3 atom stereocenters. The maximum atomic E-state index is 12.6. The van der Waals surface area contributed by atoms with Crippen LogP contribution in [0, 0.1) is 16.0 Å². The zero-order valence-electron chi connectivity index (χ0n) is 20.6. The molecule has 2 saturated heterocycles. The molecule has 1 aromatic carbocycles. The summed E-state index contributed by atoms with van der Waals surface area (Å²) in [7, 11) is -3.36. The Morgan fingerprint density at radius 3 is 2.39 bits per heavy atom. The lowest BCUT2D eigenvalue weighted by Gasteiger charge is -2.49. The summed E-state index contributed by atoms with van der Waals surface area (Å²) >= 11 is 0. The van der Waals surface area contributed by atoms with E-state index in [1.165, 1.54) is 30.6 Å². The van der Waals surface area contributed by atoms with Gasteiger partial charge in [0.25, 0.3) is 0 Å². The number of carbonyl (C=O) groups excluding carboxylic acids is 1. The van der Waals surface area contributed by atoms with Crippen molar-refractivity contribution in [3.05, 3.63) is 40.7 Å². The van der Waals surface area contributed by atoms with Crippen LogP contribution in [0.3, 0.4) is 0 Å². The number of nitrogens with zero attached hydrogens (tertiary/aromatic N) is 4. The monoisotopic (exact) mass is 518 g/mol. The highest BCUT2D eigenvalue weighted by Crippen LogP contribution is 2.39. The van der Waals surface area contributed by atoms with E-state index in [2.05, 4.69) is 20.6 Å². The minimum absolute atomic E-state index is 0.0130. The lowest BCUT2D eigenvalue weighted by Crippen LogP contribution is -2.58. The van der Waals surface area contributed by atoms with Gasteiger partial charge in [-0.05, 0) is 70.2 Å². The second kappa shape index (κ2) is 9.52. The van der Waals surface area contributed by atoms with Crippen LogP contribution >= 0.6 is 0 Å². The Balaban J connectivity index is 1.51. The van der Waals surface area contributed by atoms with Gasteiger partial charge < -0.3 is 20.3 Å². The number of nitrogens with one attached hydrogen (secondary N) is 2. The maximum absolute atomic E-state index is 12.6. The molecule has 1 aliphatic carbocycles. The average molecular weight is 519 g/mol. The van der Waals surface area contributed by atoms with Crippen molar-refractivity contribution in [1.82, 2.24) is 14.9 Å². The first kappa shape index (κ1) is 25.6. The number of benzene rings is 1. The summed E-state index contributed by atoms with van der Waals surface area (Å²) < 4.78 is 28.9. The van der Waals surface area contributed by atoms with Crippen molar-refractivity contribution in [3.8, 4) is 0 Å². The Morgan fingerprint density at radius 1 is 1.17 bits per heavy atom. The molecule has 36 heavy (non-hydrogen) atoms. The molecule has 1 aromatic heterocycles. The van der Waals surface area contributed by atoms with Crippen LogP contribution in [0.15, 0.2) is 35.5 Å². The molecule has 13 heteroatoms. The number of ether oxygens (including phenoxy) is 1. The maximum Gasteiger partial charge on any atom is 0.410 e. The molecular formula is C23H30N6O6S. The fourth-order valence-corrected chi connectivity index (χ4v) is 5.31. The fourth-order valence-electron chi connectivity index (χ4n) is 4.68. The van der Waals surface area contributed by atoms with Gasteiger partial charge in [-0.1, -0.05) is 0 Å². The number of aromatic nitrogens is 2. The number of piperidine rings is 2. The number of fused-ring (bicyclic) bond motifs is 3. The molecule has 3 heterocycles. The van der Waals surface area contributed by atoms with Crippen LogP contribution in [0.5, 0.6) is 0 Å². The quantitative estimate of drug-likeness (QED) is 0.426. The average Bonchev–Trinajstić information content (AvgIpc) is 2.78. The first-order valence-electron chi connectivity index (χ1n) is 11.6. The van der Waals surface area contributed by atoms with E-state index in [1.54, 1.807) is 4.90 Å². The molecule has 1 amide bonds. The Labute approximate surface area is 209 Å². The van der Waals surface area contributed by atoms with Gasteiger partial charge in [0.2, 0.25) is 11.6 Å². The predicted molar refractivity (Wildman–Crippen MR) is 133 cm³/mol. The molecule has 5 rings (SSSR count). The van der Waals surface area contributed by atoms with Crippen LogP contribution in [0.4, 0.5) is 27.8 Å². The van der Waals surface area contributed by atoms with E-state index in [0.29, 0.717) is 18.7 Å². The van der Waals surface area contributed by atoms with Crippen LogP contribution < -0.4 is 10.6 Å². The van der Waals surface area contributed by atoms with E-state index >= 15 is 0 Å². The van der Waals surface area contributed by atoms with E-state index in [-0.39, 0.29) is 46.3 Å².